The van der Waals surface area contributed by atoms with E-state index >= 15 is 0 Å². The van der Waals surface area contributed by atoms with Crippen LogP contribution in [0, 0.1) is 0 Å². The Morgan fingerprint density at radius 3 is 2.39 bits per heavy atom. The smallest absolute Gasteiger partial charge is 0.176 e. The highest BCUT2D eigenvalue weighted by Gasteiger charge is 2.19. The van der Waals surface area contributed by atoms with Gasteiger partial charge >= 0.3 is 0 Å². The van der Waals surface area contributed by atoms with Crippen molar-refractivity contribution in [3.8, 4) is 0 Å². The van der Waals surface area contributed by atoms with Gasteiger partial charge in [-0.3, -0.25) is 9.69 Å². The monoisotopic (exact) mass is 316 g/mol. The summed E-state index contributed by atoms with van der Waals surface area (Å²) in [5, 5.41) is 0. The standard InChI is InChI=1S/C18H28N4O/c1-20-9-11-21(12-10-20)14-18(23)15-5-6-17(16(19)13-15)22-7-3-2-4-8-22/h5-6,13H,2-4,7-12,14,19H2,1H3. The van der Waals surface area contributed by atoms with E-state index in [0.717, 1.165) is 56.2 Å². The van der Waals surface area contributed by atoms with E-state index in [-0.39, 0.29) is 5.78 Å². The molecule has 0 radical (unpaired) electrons. The lowest BCUT2D eigenvalue weighted by Crippen LogP contribution is -2.46. The topological polar surface area (TPSA) is 52.8 Å². The molecule has 0 aromatic heterocycles. The minimum Gasteiger partial charge on any atom is -0.397 e. The number of piperazine rings is 1. The highest BCUT2D eigenvalue weighted by atomic mass is 16.1. The van der Waals surface area contributed by atoms with Crippen LogP contribution in [0.4, 0.5) is 11.4 Å². The lowest BCUT2D eigenvalue weighted by Gasteiger charge is -2.32. The van der Waals surface area contributed by atoms with Gasteiger partial charge in [-0.1, -0.05) is 0 Å². The fourth-order valence-corrected chi connectivity index (χ4v) is 3.45. The average molecular weight is 316 g/mol. The molecule has 0 amide bonds. The summed E-state index contributed by atoms with van der Waals surface area (Å²) in [6.45, 7) is 6.62. The van der Waals surface area contributed by atoms with Crippen LogP contribution in [0.25, 0.3) is 0 Å². The molecule has 2 saturated heterocycles. The Hall–Kier alpha value is -1.59. The van der Waals surface area contributed by atoms with E-state index in [9.17, 15) is 4.79 Å². The molecular weight excluding hydrogens is 288 g/mol. The zero-order valence-corrected chi connectivity index (χ0v) is 14.1. The molecule has 126 valence electrons. The first-order valence-corrected chi connectivity index (χ1v) is 8.72. The Bertz CT molecular complexity index is 546. The predicted octanol–water partition coefficient (Wildman–Crippen LogP) is 1.69. The first kappa shape index (κ1) is 16.3. The van der Waals surface area contributed by atoms with Gasteiger partial charge in [0.1, 0.15) is 0 Å². The van der Waals surface area contributed by atoms with Gasteiger partial charge in [0.15, 0.2) is 5.78 Å². The molecule has 0 bridgehead atoms. The molecule has 2 aliphatic heterocycles. The molecule has 5 heteroatoms. The van der Waals surface area contributed by atoms with Gasteiger partial charge in [-0.2, -0.15) is 0 Å². The summed E-state index contributed by atoms with van der Waals surface area (Å²) in [6, 6.07) is 5.83. The van der Waals surface area contributed by atoms with Crippen molar-refractivity contribution in [2.75, 3.05) is 63.5 Å². The lowest BCUT2D eigenvalue weighted by atomic mass is 10.1. The SMILES string of the molecule is CN1CCN(CC(=O)c2ccc(N3CCCCC3)c(N)c2)CC1. The van der Waals surface area contributed by atoms with E-state index in [1.54, 1.807) is 0 Å². The van der Waals surface area contributed by atoms with Crippen molar-refractivity contribution < 1.29 is 4.79 Å². The summed E-state index contributed by atoms with van der Waals surface area (Å²) in [5.41, 5.74) is 8.78. The molecule has 23 heavy (non-hydrogen) atoms. The van der Waals surface area contributed by atoms with Gasteiger partial charge in [0.05, 0.1) is 17.9 Å². The Morgan fingerprint density at radius 2 is 1.74 bits per heavy atom. The molecule has 2 N–H and O–H groups in total. The van der Waals surface area contributed by atoms with Crippen molar-refractivity contribution in [3.05, 3.63) is 23.8 Å². The predicted molar refractivity (Wildman–Crippen MR) is 95.2 cm³/mol. The van der Waals surface area contributed by atoms with E-state index in [4.69, 9.17) is 5.73 Å². The molecule has 0 saturated carbocycles. The van der Waals surface area contributed by atoms with Gasteiger partial charge in [-0.05, 0) is 44.5 Å². The summed E-state index contributed by atoms with van der Waals surface area (Å²) in [4.78, 5) is 19.4. The number of carbonyl (C=O) groups excluding carboxylic acids is 1. The molecule has 1 aromatic carbocycles. The zero-order chi connectivity index (χ0) is 16.2. The molecule has 1 aromatic rings. The van der Waals surface area contributed by atoms with Crippen LogP contribution in [0.2, 0.25) is 0 Å². The number of Topliss-reactive ketones (excluding diaryl/α,β-unsaturated/α-hetero) is 1. The first-order chi connectivity index (χ1) is 11.1. The molecule has 2 aliphatic rings. The molecule has 3 rings (SSSR count). The summed E-state index contributed by atoms with van der Waals surface area (Å²) in [6.07, 6.45) is 3.76. The quantitative estimate of drug-likeness (QED) is 0.677. The molecule has 2 heterocycles. The molecule has 0 aliphatic carbocycles. The molecular formula is C18H28N4O. The summed E-state index contributed by atoms with van der Waals surface area (Å²) in [5.74, 6) is 0.173. The lowest BCUT2D eigenvalue weighted by molar-refractivity contribution is 0.0876. The van der Waals surface area contributed by atoms with E-state index in [2.05, 4.69) is 21.7 Å². The third-order valence-corrected chi connectivity index (χ3v) is 5.01. The van der Waals surface area contributed by atoms with Crippen LogP contribution < -0.4 is 10.6 Å². The number of hydrogen-bond acceptors (Lipinski definition) is 5. The van der Waals surface area contributed by atoms with Crippen molar-refractivity contribution in [2.45, 2.75) is 19.3 Å². The normalized spacial score (nSPS) is 20.7. The number of rotatable bonds is 4. The number of hydrogen-bond donors (Lipinski definition) is 1. The third kappa shape index (κ3) is 4.03. The number of ketones is 1. The van der Waals surface area contributed by atoms with Gasteiger partial charge in [-0.25, -0.2) is 0 Å². The van der Waals surface area contributed by atoms with Crippen LogP contribution in [0.15, 0.2) is 18.2 Å². The summed E-state index contributed by atoms with van der Waals surface area (Å²) < 4.78 is 0. The number of carbonyl (C=O) groups is 1. The van der Waals surface area contributed by atoms with Crippen LogP contribution in [0.1, 0.15) is 29.6 Å². The van der Waals surface area contributed by atoms with Gasteiger partial charge in [0, 0.05) is 44.8 Å². The number of benzene rings is 1. The van der Waals surface area contributed by atoms with Crippen molar-refractivity contribution in [3.63, 3.8) is 0 Å². The van der Waals surface area contributed by atoms with Crippen LogP contribution in [-0.2, 0) is 0 Å². The third-order valence-electron chi connectivity index (χ3n) is 5.01. The Morgan fingerprint density at radius 1 is 1.04 bits per heavy atom. The second-order valence-corrected chi connectivity index (χ2v) is 6.82. The second-order valence-electron chi connectivity index (χ2n) is 6.82. The number of anilines is 2. The zero-order valence-electron chi connectivity index (χ0n) is 14.1. The van der Waals surface area contributed by atoms with Gasteiger partial charge in [0.25, 0.3) is 0 Å². The molecule has 5 nitrogen and oxygen atoms in total. The summed E-state index contributed by atoms with van der Waals surface area (Å²) >= 11 is 0. The van der Waals surface area contributed by atoms with Crippen molar-refractivity contribution in [1.82, 2.24) is 9.80 Å². The van der Waals surface area contributed by atoms with Gasteiger partial charge < -0.3 is 15.5 Å². The Kier molecular flexibility index (Phi) is 5.18. The fourth-order valence-electron chi connectivity index (χ4n) is 3.45. The molecule has 0 unspecified atom stereocenters. The van der Waals surface area contributed by atoms with Crippen LogP contribution >= 0.6 is 0 Å². The average Bonchev–Trinajstić information content (AvgIpc) is 2.57. The number of nitrogens with zero attached hydrogens (tertiary/aromatic N) is 3. The van der Waals surface area contributed by atoms with Crippen molar-refractivity contribution in [1.29, 1.82) is 0 Å². The van der Waals surface area contributed by atoms with Gasteiger partial charge in [-0.15, -0.1) is 0 Å². The van der Waals surface area contributed by atoms with Crippen molar-refractivity contribution in [2.24, 2.45) is 0 Å². The highest BCUT2D eigenvalue weighted by molar-refractivity contribution is 5.99. The largest absolute Gasteiger partial charge is 0.397 e. The minimum atomic E-state index is 0.173. The number of piperidine rings is 1. The maximum Gasteiger partial charge on any atom is 0.176 e. The fraction of sp³-hybridized carbons (Fsp3) is 0.611. The van der Waals surface area contributed by atoms with E-state index in [1.807, 2.05) is 18.2 Å². The highest BCUT2D eigenvalue weighted by Crippen LogP contribution is 2.27. The number of nitrogens with two attached hydrogens (primary N) is 1. The maximum atomic E-state index is 12.5. The Labute approximate surface area is 139 Å². The second kappa shape index (κ2) is 7.32. The maximum absolute atomic E-state index is 12.5. The molecule has 2 fully saturated rings. The van der Waals surface area contributed by atoms with E-state index in [1.165, 1.54) is 19.3 Å². The molecule has 0 atom stereocenters. The number of nitrogen functional groups attached to an aromatic ring is 1. The van der Waals surface area contributed by atoms with Crippen molar-refractivity contribution >= 4 is 17.2 Å². The minimum absolute atomic E-state index is 0.173. The van der Waals surface area contributed by atoms with Gasteiger partial charge in [0.2, 0.25) is 0 Å². The Balaban J connectivity index is 1.63. The van der Waals surface area contributed by atoms with Crippen LogP contribution in [0.5, 0.6) is 0 Å². The van der Waals surface area contributed by atoms with E-state index in [0.29, 0.717) is 6.54 Å². The van der Waals surface area contributed by atoms with Crippen LogP contribution in [-0.4, -0.2) is 68.4 Å². The summed E-state index contributed by atoms with van der Waals surface area (Å²) in [7, 11) is 2.12. The number of likely N-dealkylation sites (N-methyl/N-ethyl adjacent to an activating group) is 1. The van der Waals surface area contributed by atoms with Crippen LogP contribution in [0.3, 0.4) is 0 Å². The van der Waals surface area contributed by atoms with E-state index < -0.39 is 0 Å². The molecule has 0 spiro atoms. The first-order valence-electron chi connectivity index (χ1n) is 8.72.